The maximum atomic E-state index is 12.5. The molecule has 0 fully saturated rings. The summed E-state index contributed by atoms with van der Waals surface area (Å²) in [6.07, 6.45) is 0. The number of anilines is 1. The lowest BCUT2D eigenvalue weighted by molar-refractivity contribution is -0.722. The highest BCUT2D eigenvalue weighted by Gasteiger charge is 2.31. The molecule has 0 amide bonds. The van der Waals surface area contributed by atoms with Crippen molar-refractivity contribution in [2.45, 2.75) is 6.54 Å². The van der Waals surface area contributed by atoms with Gasteiger partial charge in [-0.1, -0.05) is 60.7 Å². The summed E-state index contributed by atoms with van der Waals surface area (Å²) in [6.45, 7) is 0.493. The van der Waals surface area contributed by atoms with Crippen LogP contribution in [0.15, 0.2) is 65.2 Å². The van der Waals surface area contributed by atoms with E-state index in [2.05, 4.69) is 10.7 Å². The zero-order valence-electron chi connectivity index (χ0n) is 11.8. The lowest BCUT2D eigenvalue weighted by Crippen LogP contribution is -2.50. The summed E-state index contributed by atoms with van der Waals surface area (Å²) in [7, 11) is 0. The van der Waals surface area contributed by atoms with E-state index >= 15 is 0 Å². The molecule has 6 heteroatoms. The number of nitrogens with one attached hydrogen (secondary N) is 1. The number of carbonyl (C=O) groups excluding carboxylic acids is 1. The van der Waals surface area contributed by atoms with Crippen LogP contribution in [0, 0.1) is 0 Å². The minimum atomic E-state index is -0.250. The molecule has 0 unspecified atom stereocenters. The third-order valence-corrected chi connectivity index (χ3v) is 3.19. The number of rotatable bonds is 5. The Morgan fingerprint density at radius 3 is 2.41 bits per heavy atom. The van der Waals surface area contributed by atoms with Gasteiger partial charge < -0.3 is 5.73 Å². The molecule has 0 aliphatic heterocycles. The maximum absolute atomic E-state index is 12.5. The Morgan fingerprint density at radius 2 is 1.73 bits per heavy atom. The van der Waals surface area contributed by atoms with Crippen molar-refractivity contribution in [1.82, 2.24) is 5.27 Å². The average molecular weight is 295 g/mol. The molecule has 0 aliphatic rings. The standard InChI is InChI=1S/C16H14N4O2/c17-16-14(15(21)13-9-5-2-6-10-13)20(19-22-16)18-11-12-7-3-1-4-8-12/h1-10H,11H2,(H2-,17,18,19,21)/p+1. The second-order valence-corrected chi connectivity index (χ2v) is 4.71. The topological polar surface area (TPSA) is 85.0 Å². The van der Waals surface area contributed by atoms with Crippen LogP contribution in [0.5, 0.6) is 0 Å². The van der Waals surface area contributed by atoms with Crippen LogP contribution >= 0.6 is 0 Å². The fourth-order valence-electron chi connectivity index (χ4n) is 2.08. The van der Waals surface area contributed by atoms with Crippen molar-refractivity contribution >= 4 is 11.7 Å². The Bertz CT molecular complexity index is 769. The van der Waals surface area contributed by atoms with Crippen molar-refractivity contribution in [3.05, 3.63) is 77.5 Å². The van der Waals surface area contributed by atoms with Gasteiger partial charge in [0.1, 0.15) is 0 Å². The quantitative estimate of drug-likeness (QED) is 0.550. The van der Waals surface area contributed by atoms with Crippen LogP contribution in [0.3, 0.4) is 0 Å². The molecule has 0 spiro atoms. The van der Waals surface area contributed by atoms with Crippen LogP contribution in [-0.2, 0) is 6.54 Å². The molecule has 0 atom stereocenters. The van der Waals surface area contributed by atoms with Gasteiger partial charge in [0.2, 0.25) is 5.27 Å². The lowest BCUT2D eigenvalue weighted by atomic mass is 10.1. The summed E-state index contributed by atoms with van der Waals surface area (Å²) in [4.78, 5) is 13.8. The number of nitrogen functional groups attached to an aromatic ring is 1. The van der Waals surface area contributed by atoms with Crippen molar-refractivity contribution in [2.75, 3.05) is 11.2 Å². The number of hydrogen-bond donors (Lipinski definition) is 2. The molecule has 0 radical (unpaired) electrons. The zero-order chi connectivity index (χ0) is 15.4. The summed E-state index contributed by atoms with van der Waals surface area (Å²) in [5, 5.41) is 3.76. The van der Waals surface area contributed by atoms with E-state index < -0.39 is 0 Å². The van der Waals surface area contributed by atoms with Gasteiger partial charge in [0.25, 0.3) is 5.78 Å². The molecule has 0 bridgehead atoms. The van der Waals surface area contributed by atoms with Crippen LogP contribution in [0.4, 0.5) is 5.88 Å². The van der Waals surface area contributed by atoms with Crippen molar-refractivity contribution in [2.24, 2.45) is 0 Å². The molecule has 22 heavy (non-hydrogen) atoms. The fourth-order valence-corrected chi connectivity index (χ4v) is 2.08. The molecule has 0 saturated heterocycles. The summed E-state index contributed by atoms with van der Waals surface area (Å²) >= 11 is 0. The van der Waals surface area contributed by atoms with Crippen LogP contribution in [-0.4, -0.2) is 11.1 Å². The Balaban J connectivity index is 1.83. The van der Waals surface area contributed by atoms with Crippen LogP contribution < -0.4 is 16.0 Å². The van der Waals surface area contributed by atoms with E-state index in [0.29, 0.717) is 12.1 Å². The number of carbonyl (C=O) groups is 1. The maximum Gasteiger partial charge on any atom is 0.378 e. The van der Waals surface area contributed by atoms with E-state index in [0.717, 1.165) is 5.56 Å². The van der Waals surface area contributed by atoms with Crippen molar-refractivity contribution in [3.8, 4) is 0 Å². The summed E-state index contributed by atoms with van der Waals surface area (Å²) in [6, 6.07) is 18.6. The second kappa shape index (κ2) is 6.09. The largest absolute Gasteiger partial charge is 0.378 e. The van der Waals surface area contributed by atoms with E-state index in [1.165, 1.54) is 4.79 Å². The lowest BCUT2D eigenvalue weighted by Gasteiger charge is -1.99. The summed E-state index contributed by atoms with van der Waals surface area (Å²) in [5.41, 5.74) is 10.5. The summed E-state index contributed by atoms with van der Waals surface area (Å²) < 4.78 is 4.93. The smallest absolute Gasteiger partial charge is 0.361 e. The van der Waals surface area contributed by atoms with E-state index in [-0.39, 0.29) is 17.4 Å². The first-order chi connectivity index (χ1) is 10.8. The SMILES string of the molecule is Nc1on[n+](NCc2ccccc2)c1C(=O)c1ccccc1. The number of nitrogens with two attached hydrogens (primary N) is 1. The van der Waals surface area contributed by atoms with Crippen LogP contribution in [0.1, 0.15) is 21.6 Å². The van der Waals surface area contributed by atoms with Gasteiger partial charge in [-0.25, -0.2) is 0 Å². The molecule has 3 rings (SSSR count). The average Bonchev–Trinajstić information content (AvgIpc) is 2.95. The highest BCUT2D eigenvalue weighted by Crippen LogP contribution is 2.11. The second-order valence-electron chi connectivity index (χ2n) is 4.71. The Hall–Kier alpha value is -3.15. The first-order valence-electron chi connectivity index (χ1n) is 6.81. The molecule has 2 aromatic carbocycles. The molecular weight excluding hydrogens is 280 g/mol. The minimum Gasteiger partial charge on any atom is -0.361 e. The van der Waals surface area contributed by atoms with Gasteiger partial charge in [-0.3, -0.25) is 9.32 Å². The normalized spacial score (nSPS) is 10.4. The van der Waals surface area contributed by atoms with Crippen LogP contribution in [0.2, 0.25) is 0 Å². The van der Waals surface area contributed by atoms with Gasteiger partial charge in [-0.05, 0) is 5.56 Å². The predicted octanol–water partition coefficient (Wildman–Crippen LogP) is 1.52. The third kappa shape index (κ3) is 2.80. The molecule has 6 nitrogen and oxygen atoms in total. The van der Waals surface area contributed by atoms with Crippen molar-refractivity contribution < 1.29 is 14.1 Å². The molecule has 1 aromatic heterocycles. The molecule has 1 heterocycles. The molecule has 0 aliphatic carbocycles. The van der Waals surface area contributed by atoms with Gasteiger partial charge >= 0.3 is 11.6 Å². The van der Waals surface area contributed by atoms with Crippen molar-refractivity contribution in [3.63, 3.8) is 0 Å². The molecule has 3 aromatic rings. The number of benzene rings is 2. The summed E-state index contributed by atoms with van der Waals surface area (Å²) in [5.74, 6) is -0.269. The Labute approximate surface area is 127 Å². The van der Waals surface area contributed by atoms with E-state index in [9.17, 15) is 4.79 Å². The highest BCUT2D eigenvalue weighted by atomic mass is 16.5. The van der Waals surface area contributed by atoms with Gasteiger partial charge in [0.05, 0.1) is 11.3 Å². The van der Waals surface area contributed by atoms with E-state index in [4.69, 9.17) is 10.3 Å². The minimum absolute atomic E-state index is 0.0191. The first-order valence-corrected chi connectivity index (χ1v) is 6.81. The molecule has 0 saturated carbocycles. The van der Waals surface area contributed by atoms with Gasteiger partial charge in [0, 0.05) is 5.56 Å². The van der Waals surface area contributed by atoms with Gasteiger partial charge in [-0.2, -0.15) is 5.43 Å². The van der Waals surface area contributed by atoms with Gasteiger partial charge in [0.15, 0.2) is 0 Å². The molecule has 110 valence electrons. The molecular formula is C16H15N4O2+. The number of ketones is 1. The number of hydrogen-bond acceptors (Lipinski definition) is 5. The van der Waals surface area contributed by atoms with Crippen molar-refractivity contribution in [1.29, 1.82) is 0 Å². The van der Waals surface area contributed by atoms with Gasteiger partial charge in [-0.15, -0.1) is 0 Å². The third-order valence-electron chi connectivity index (χ3n) is 3.19. The monoisotopic (exact) mass is 295 g/mol. The first kappa shape index (κ1) is 13.8. The zero-order valence-corrected chi connectivity index (χ0v) is 11.8. The van der Waals surface area contributed by atoms with Crippen LogP contribution in [0.25, 0.3) is 0 Å². The van der Waals surface area contributed by atoms with E-state index in [1.54, 1.807) is 24.3 Å². The Kier molecular flexibility index (Phi) is 3.82. The Morgan fingerprint density at radius 1 is 1.09 bits per heavy atom. The number of aromatic nitrogens is 2. The molecule has 3 N–H and O–H groups in total. The highest BCUT2D eigenvalue weighted by molar-refractivity contribution is 6.08. The number of nitrogens with zero attached hydrogens (tertiary/aromatic N) is 2. The van der Waals surface area contributed by atoms with E-state index in [1.807, 2.05) is 36.4 Å². The fraction of sp³-hybridized carbons (Fsp3) is 0.0625. The predicted molar refractivity (Wildman–Crippen MR) is 80.5 cm³/mol.